The molecular weight excluding hydrogens is 344 g/mol. The van der Waals surface area contributed by atoms with Crippen LogP contribution >= 0.6 is 0 Å². The molecule has 8 nitrogen and oxygen atoms in total. The highest BCUT2D eigenvalue weighted by Gasteiger charge is 2.11. The average Bonchev–Trinajstić information content (AvgIpc) is 3.33. The van der Waals surface area contributed by atoms with Crippen LogP contribution in [0.4, 0.5) is 0 Å². The molecule has 4 heterocycles. The zero-order valence-corrected chi connectivity index (χ0v) is 14.6. The lowest BCUT2D eigenvalue weighted by molar-refractivity contribution is 0.415. The number of methoxy groups -OCH3 is 1. The summed E-state index contributed by atoms with van der Waals surface area (Å²) in [6.07, 6.45) is 6.10. The standard InChI is InChI=1S/C19H16N6O2/c1-27-13-2-3-15-14(10-13)12(11-20-15)5-8-24-9-6-16-18(19(24)26)23-22-17-4-7-21-25(16)17/h2-4,6-7,9-11,20H,5,8H2,1H3. The van der Waals surface area contributed by atoms with Gasteiger partial charge in [-0.25, -0.2) is 4.52 Å². The molecule has 0 aliphatic carbocycles. The number of pyridine rings is 1. The number of H-pyrrole nitrogens is 1. The minimum atomic E-state index is -0.171. The lowest BCUT2D eigenvalue weighted by atomic mass is 10.1. The molecule has 0 fully saturated rings. The van der Waals surface area contributed by atoms with Crippen LogP contribution in [-0.4, -0.2) is 36.5 Å². The van der Waals surface area contributed by atoms with Crippen molar-refractivity contribution >= 4 is 27.6 Å². The molecule has 1 aromatic carbocycles. The van der Waals surface area contributed by atoms with E-state index in [1.165, 1.54) is 0 Å². The van der Waals surface area contributed by atoms with Crippen molar-refractivity contribution < 1.29 is 4.74 Å². The molecular formula is C19H16N6O2. The topological polar surface area (TPSA) is 90.1 Å². The Kier molecular flexibility index (Phi) is 3.43. The lowest BCUT2D eigenvalue weighted by Crippen LogP contribution is -2.22. The van der Waals surface area contributed by atoms with Gasteiger partial charge in [-0.15, -0.1) is 10.2 Å². The third-order valence-electron chi connectivity index (χ3n) is 4.82. The summed E-state index contributed by atoms with van der Waals surface area (Å²) in [5.74, 6) is 0.810. The molecule has 0 aliphatic rings. The van der Waals surface area contributed by atoms with Gasteiger partial charge in [0.2, 0.25) is 0 Å². The maximum absolute atomic E-state index is 12.8. The van der Waals surface area contributed by atoms with Crippen molar-refractivity contribution in [3.63, 3.8) is 0 Å². The van der Waals surface area contributed by atoms with Crippen LogP contribution in [0.15, 0.2) is 53.7 Å². The summed E-state index contributed by atoms with van der Waals surface area (Å²) >= 11 is 0. The van der Waals surface area contributed by atoms with Crippen LogP contribution in [0, 0.1) is 0 Å². The van der Waals surface area contributed by atoms with Crippen molar-refractivity contribution in [2.24, 2.45) is 0 Å². The largest absolute Gasteiger partial charge is 0.497 e. The second kappa shape index (κ2) is 5.94. The Balaban J connectivity index is 1.51. The Labute approximate surface area is 153 Å². The summed E-state index contributed by atoms with van der Waals surface area (Å²) in [5.41, 5.74) is 3.59. The number of aryl methyl sites for hydroxylation is 2. The fraction of sp³-hybridized carbons (Fsp3) is 0.158. The van der Waals surface area contributed by atoms with E-state index in [-0.39, 0.29) is 5.56 Å². The second-order valence-electron chi connectivity index (χ2n) is 6.32. The van der Waals surface area contributed by atoms with Crippen LogP contribution in [-0.2, 0) is 13.0 Å². The summed E-state index contributed by atoms with van der Waals surface area (Å²) in [4.78, 5) is 16.1. The summed E-state index contributed by atoms with van der Waals surface area (Å²) in [6.45, 7) is 0.539. The third kappa shape index (κ3) is 2.45. The number of hydrogen-bond donors (Lipinski definition) is 1. The zero-order chi connectivity index (χ0) is 18.4. The van der Waals surface area contributed by atoms with Gasteiger partial charge in [0.1, 0.15) is 11.3 Å². The van der Waals surface area contributed by atoms with E-state index in [0.29, 0.717) is 29.6 Å². The van der Waals surface area contributed by atoms with E-state index in [2.05, 4.69) is 20.3 Å². The first-order valence-corrected chi connectivity index (χ1v) is 8.58. The average molecular weight is 360 g/mol. The van der Waals surface area contributed by atoms with Gasteiger partial charge in [-0.1, -0.05) is 0 Å². The van der Waals surface area contributed by atoms with Gasteiger partial charge in [0.25, 0.3) is 5.56 Å². The molecule has 134 valence electrons. The van der Waals surface area contributed by atoms with Crippen molar-refractivity contribution in [1.82, 2.24) is 29.4 Å². The monoisotopic (exact) mass is 360 g/mol. The highest BCUT2D eigenvalue weighted by atomic mass is 16.5. The van der Waals surface area contributed by atoms with Crippen LogP contribution in [0.25, 0.3) is 27.6 Å². The molecule has 8 heteroatoms. The summed E-state index contributed by atoms with van der Waals surface area (Å²) < 4.78 is 8.60. The fourth-order valence-corrected chi connectivity index (χ4v) is 3.38. The minimum absolute atomic E-state index is 0.171. The predicted molar refractivity (Wildman–Crippen MR) is 101 cm³/mol. The van der Waals surface area contributed by atoms with E-state index in [4.69, 9.17) is 4.74 Å². The highest BCUT2D eigenvalue weighted by molar-refractivity contribution is 5.84. The van der Waals surface area contributed by atoms with Gasteiger partial charge in [0, 0.05) is 35.9 Å². The Morgan fingerprint density at radius 1 is 1.19 bits per heavy atom. The Morgan fingerprint density at radius 2 is 2.11 bits per heavy atom. The number of nitrogens with one attached hydrogen (secondary N) is 1. The Hall–Kier alpha value is -3.68. The molecule has 1 N–H and O–H groups in total. The van der Waals surface area contributed by atoms with Gasteiger partial charge in [-0.05, 0) is 36.2 Å². The number of hydrogen-bond acceptors (Lipinski definition) is 5. The molecule has 0 amide bonds. The molecule has 0 spiro atoms. The van der Waals surface area contributed by atoms with E-state index in [1.807, 2.05) is 30.5 Å². The van der Waals surface area contributed by atoms with Crippen molar-refractivity contribution in [3.05, 3.63) is 64.8 Å². The number of rotatable bonds is 4. The predicted octanol–water partition coefficient (Wildman–Crippen LogP) is 2.17. The molecule has 0 saturated carbocycles. The number of aromatic nitrogens is 6. The van der Waals surface area contributed by atoms with Crippen LogP contribution in [0.5, 0.6) is 5.75 Å². The van der Waals surface area contributed by atoms with Gasteiger partial charge < -0.3 is 14.3 Å². The van der Waals surface area contributed by atoms with E-state index >= 15 is 0 Å². The van der Waals surface area contributed by atoms with Crippen LogP contribution in [0.1, 0.15) is 5.56 Å². The van der Waals surface area contributed by atoms with Crippen molar-refractivity contribution in [1.29, 1.82) is 0 Å². The van der Waals surface area contributed by atoms with Crippen molar-refractivity contribution in [3.8, 4) is 5.75 Å². The van der Waals surface area contributed by atoms with E-state index in [1.54, 1.807) is 34.7 Å². The normalized spacial score (nSPS) is 11.6. The van der Waals surface area contributed by atoms with E-state index < -0.39 is 0 Å². The maximum atomic E-state index is 12.8. The molecule has 0 atom stereocenters. The molecule has 5 rings (SSSR count). The quantitative estimate of drug-likeness (QED) is 0.530. The summed E-state index contributed by atoms with van der Waals surface area (Å²) in [5, 5.41) is 13.5. The molecule has 0 radical (unpaired) electrons. The molecule has 0 bridgehead atoms. The van der Waals surface area contributed by atoms with Crippen LogP contribution < -0.4 is 10.3 Å². The smallest absolute Gasteiger partial charge is 0.280 e. The number of benzene rings is 1. The zero-order valence-electron chi connectivity index (χ0n) is 14.6. The van der Waals surface area contributed by atoms with Crippen molar-refractivity contribution in [2.75, 3.05) is 7.11 Å². The number of aromatic amines is 1. The molecule has 0 aliphatic heterocycles. The number of fused-ring (bicyclic) bond motifs is 4. The van der Waals surface area contributed by atoms with Gasteiger partial charge in [0.15, 0.2) is 11.2 Å². The van der Waals surface area contributed by atoms with Crippen LogP contribution in [0.2, 0.25) is 0 Å². The first kappa shape index (κ1) is 15.6. The van der Waals surface area contributed by atoms with E-state index in [0.717, 1.165) is 22.2 Å². The molecule has 0 unspecified atom stereocenters. The lowest BCUT2D eigenvalue weighted by Gasteiger charge is -2.07. The summed E-state index contributed by atoms with van der Waals surface area (Å²) in [7, 11) is 1.65. The second-order valence-corrected chi connectivity index (χ2v) is 6.32. The van der Waals surface area contributed by atoms with Gasteiger partial charge >= 0.3 is 0 Å². The maximum Gasteiger partial charge on any atom is 0.280 e. The highest BCUT2D eigenvalue weighted by Crippen LogP contribution is 2.24. The summed E-state index contributed by atoms with van der Waals surface area (Å²) in [6, 6.07) is 9.52. The SMILES string of the molecule is COc1ccc2[nH]cc(CCn3ccc4c(nnc5ccnn54)c3=O)c2c1. The molecule has 0 saturated heterocycles. The van der Waals surface area contributed by atoms with Crippen molar-refractivity contribution in [2.45, 2.75) is 13.0 Å². The first-order chi connectivity index (χ1) is 13.2. The number of nitrogens with zero attached hydrogens (tertiary/aromatic N) is 5. The van der Waals surface area contributed by atoms with Gasteiger partial charge in [0.05, 0.1) is 13.3 Å². The molecule has 27 heavy (non-hydrogen) atoms. The Bertz CT molecular complexity index is 1350. The Morgan fingerprint density at radius 3 is 3.00 bits per heavy atom. The fourth-order valence-electron chi connectivity index (χ4n) is 3.38. The minimum Gasteiger partial charge on any atom is -0.497 e. The molecule has 5 aromatic rings. The van der Waals surface area contributed by atoms with E-state index in [9.17, 15) is 4.79 Å². The van der Waals surface area contributed by atoms with Gasteiger partial charge in [-0.2, -0.15) is 5.10 Å². The van der Waals surface area contributed by atoms with Gasteiger partial charge in [-0.3, -0.25) is 4.79 Å². The first-order valence-electron chi connectivity index (χ1n) is 8.58. The molecule has 4 aromatic heterocycles. The van der Waals surface area contributed by atoms with Crippen LogP contribution in [0.3, 0.4) is 0 Å². The third-order valence-corrected chi connectivity index (χ3v) is 4.82. The number of ether oxygens (including phenoxy) is 1.